The largest absolute Gasteiger partial charge is 0.411 e. The Hall–Kier alpha value is -1.75. The first-order valence-corrected chi connectivity index (χ1v) is 8.36. The van der Waals surface area contributed by atoms with E-state index in [-0.39, 0.29) is 5.91 Å². The number of likely N-dealkylation sites (tertiary alicyclic amines) is 1. The third-order valence-corrected chi connectivity index (χ3v) is 4.32. The molecule has 5 nitrogen and oxygen atoms in total. The van der Waals surface area contributed by atoms with Gasteiger partial charge in [0.1, 0.15) is 5.75 Å². The molecule has 1 aromatic rings. The molecule has 1 aliphatic rings. The van der Waals surface area contributed by atoms with Gasteiger partial charge in [-0.3, -0.25) is 4.79 Å². The maximum Gasteiger partial charge on any atom is 0.409 e. The number of alkyl halides is 1. The van der Waals surface area contributed by atoms with Crippen LogP contribution >= 0.6 is 11.6 Å². The van der Waals surface area contributed by atoms with Crippen LogP contribution < -0.4 is 10.5 Å². The zero-order valence-corrected chi connectivity index (χ0v) is 13.8. The number of carbonyl (C=O) groups is 2. The summed E-state index contributed by atoms with van der Waals surface area (Å²) in [6, 6.07) is 6.95. The molecule has 125 valence electrons. The minimum absolute atomic E-state index is 0.0757. The number of ether oxygens (including phenoxy) is 1. The van der Waals surface area contributed by atoms with Crippen LogP contribution in [0.3, 0.4) is 0 Å². The van der Waals surface area contributed by atoms with Gasteiger partial charge in [0.15, 0.2) is 0 Å². The molecule has 1 saturated heterocycles. The Balaban J connectivity index is 1.75. The van der Waals surface area contributed by atoms with Crippen LogP contribution in [0.15, 0.2) is 24.3 Å². The molecule has 0 bridgehead atoms. The first-order chi connectivity index (χ1) is 11.1. The Morgan fingerprint density at radius 3 is 2.48 bits per heavy atom. The molecule has 0 aromatic heterocycles. The lowest BCUT2D eigenvalue weighted by Gasteiger charge is -2.31. The number of rotatable bonds is 6. The fourth-order valence-corrected chi connectivity index (χ4v) is 3.05. The molecule has 1 fully saturated rings. The molecule has 6 heteroatoms. The number of carbonyl (C=O) groups excluding carboxylic acids is 2. The highest BCUT2D eigenvalue weighted by atomic mass is 35.5. The summed E-state index contributed by atoms with van der Waals surface area (Å²) in [6.07, 6.45) is 4.52. The molecule has 2 N–H and O–H groups in total. The van der Waals surface area contributed by atoms with E-state index in [0.29, 0.717) is 24.0 Å². The first-order valence-electron chi connectivity index (χ1n) is 7.83. The van der Waals surface area contributed by atoms with E-state index in [2.05, 4.69) is 0 Å². The van der Waals surface area contributed by atoms with Gasteiger partial charge in [-0.15, -0.1) is 11.6 Å². The summed E-state index contributed by atoms with van der Waals surface area (Å²) in [5.74, 6) is 1.82. The lowest BCUT2D eigenvalue weighted by atomic mass is 9.94. The zero-order chi connectivity index (χ0) is 16.7. The Kier molecular flexibility index (Phi) is 6.71. The molecule has 2 amide bonds. The highest BCUT2D eigenvalue weighted by molar-refractivity contribution is 6.17. The molecule has 0 spiro atoms. The van der Waals surface area contributed by atoms with Crippen molar-refractivity contribution in [2.24, 2.45) is 11.7 Å². The average Bonchev–Trinajstić information content (AvgIpc) is 2.54. The standard InChI is InChI=1S/C17H22ClN2O3/c18-10-7-14-8-11-20(12-9-14)16(21)6-3-13-1-4-15(5-2-13)23-17(19)22/h1-2,4-6,14H,3,7-12H2,(H2,19,22). The summed E-state index contributed by atoms with van der Waals surface area (Å²) in [4.78, 5) is 24.7. The van der Waals surface area contributed by atoms with Crippen molar-refractivity contribution in [3.8, 4) is 5.75 Å². The highest BCUT2D eigenvalue weighted by Crippen LogP contribution is 2.21. The van der Waals surface area contributed by atoms with Crippen molar-refractivity contribution in [3.63, 3.8) is 0 Å². The van der Waals surface area contributed by atoms with Crippen molar-refractivity contribution in [1.29, 1.82) is 0 Å². The van der Waals surface area contributed by atoms with Crippen LogP contribution in [0.25, 0.3) is 0 Å². The van der Waals surface area contributed by atoms with Gasteiger partial charge in [0.25, 0.3) is 0 Å². The average molecular weight is 338 g/mol. The molecular formula is C17H22ClN2O3. The number of nitrogens with zero attached hydrogens (tertiary/aromatic N) is 1. The van der Waals surface area contributed by atoms with Crippen LogP contribution in [-0.2, 0) is 11.2 Å². The number of piperidine rings is 1. The Morgan fingerprint density at radius 2 is 1.91 bits per heavy atom. The van der Waals surface area contributed by atoms with Crippen molar-refractivity contribution in [2.45, 2.75) is 25.7 Å². The van der Waals surface area contributed by atoms with Crippen LogP contribution in [0.5, 0.6) is 5.75 Å². The molecule has 0 unspecified atom stereocenters. The topological polar surface area (TPSA) is 72.6 Å². The van der Waals surface area contributed by atoms with Gasteiger partial charge in [0.05, 0.1) is 6.42 Å². The normalized spacial score (nSPS) is 15.4. The van der Waals surface area contributed by atoms with Crippen molar-refractivity contribution < 1.29 is 14.3 Å². The predicted octanol–water partition coefficient (Wildman–Crippen LogP) is 2.76. The first kappa shape index (κ1) is 17.6. The summed E-state index contributed by atoms with van der Waals surface area (Å²) in [6.45, 7) is 1.62. The van der Waals surface area contributed by atoms with Gasteiger partial charge >= 0.3 is 6.09 Å². The predicted molar refractivity (Wildman–Crippen MR) is 89.3 cm³/mol. The van der Waals surface area contributed by atoms with E-state index in [9.17, 15) is 9.59 Å². The summed E-state index contributed by atoms with van der Waals surface area (Å²) in [7, 11) is 0. The Labute approximate surface area is 141 Å². The highest BCUT2D eigenvalue weighted by Gasteiger charge is 2.22. The van der Waals surface area contributed by atoms with Crippen molar-refractivity contribution >= 4 is 23.6 Å². The third kappa shape index (κ3) is 5.75. The van der Waals surface area contributed by atoms with Gasteiger partial charge in [-0.05, 0) is 49.3 Å². The second-order valence-electron chi connectivity index (χ2n) is 5.72. The molecule has 0 aliphatic carbocycles. The summed E-state index contributed by atoms with van der Waals surface area (Å²) in [5.41, 5.74) is 5.93. The van der Waals surface area contributed by atoms with Crippen LogP contribution in [0.4, 0.5) is 4.79 Å². The minimum Gasteiger partial charge on any atom is -0.411 e. The van der Waals surface area contributed by atoms with Gasteiger partial charge in [-0.1, -0.05) is 12.1 Å². The van der Waals surface area contributed by atoms with E-state index in [1.165, 1.54) is 0 Å². The van der Waals surface area contributed by atoms with E-state index in [1.807, 2.05) is 17.0 Å². The quantitative estimate of drug-likeness (QED) is 0.811. The summed E-state index contributed by atoms with van der Waals surface area (Å²) < 4.78 is 4.76. The third-order valence-electron chi connectivity index (χ3n) is 4.10. The van der Waals surface area contributed by atoms with E-state index in [1.54, 1.807) is 18.6 Å². The maximum absolute atomic E-state index is 12.2. The number of benzene rings is 1. The number of nitrogens with two attached hydrogens (primary N) is 1. The van der Waals surface area contributed by atoms with Crippen LogP contribution in [0.1, 0.15) is 24.8 Å². The van der Waals surface area contributed by atoms with Crippen LogP contribution in [0.2, 0.25) is 0 Å². The monoisotopic (exact) mass is 337 g/mol. The van der Waals surface area contributed by atoms with Gasteiger partial charge in [-0.2, -0.15) is 0 Å². The van der Waals surface area contributed by atoms with Crippen molar-refractivity contribution in [1.82, 2.24) is 4.90 Å². The summed E-state index contributed by atoms with van der Waals surface area (Å²) >= 11 is 5.77. The summed E-state index contributed by atoms with van der Waals surface area (Å²) in [5, 5.41) is 0. The number of amides is 2. The molecule has 0 saturated carbocycles. The molecule has 1 heterocycles. The van der Waals surface area contributed by atoms with Crippen LogP contribution in [0, 0.1) is 12.3 Å². The Bertz CT molecular complexity index is 525. The van der Waals surface area contributed by atoms with Gasteiger partial charge < -0.3 is 15.4 Å². The van der Waals surface area contributed by atoms with Crippen LogP contribution in [-0.4, -0.2) is 35.9 Å². The van der Waals surface area contributed by atoms with Crippen molar-refractivity contribution in [2.75, 3.05) is 19.0 Å². The molecule has 1 radical (unpaired) electrons. The smallest absolute Gasteiger partial charge is 0.409 e. The Morgan fingerprint density at radius 1 is 1.26 bits per heavy atom. The van der Waals surface area contributed by atoms with Gasteiger partial charge in [-0.25, -0.2) is 4.79 Å². The van der Waals surface area contributed by atoms with E-state index < -0.39 is 6.09 Å². The molecule has 1 aliphatic heterocycles. The van der Waals surface area contributed by atoms with Gasteiger partial charge in [0.2, 0.25) is 5.91 Å². The second-order valence-corrected chi connectivity index (χ2v) is 6.10. The molecule has 0 atom stereocenters. The number of primary amides is 1. The number of halogens is 1. The fourth-order valence-electron chi connectivity index (χ4n) is 2.74. The van der Waals surface area contributed by atoms with E-state index in [4.69, 9.17) is 22.1 Å². The molecular weight excluding hydrogens is 316 g/mol. The maximum atomic E-state index is 12.2. The number of hydrogen-bond donors (Lipinski definition) is 1. The zero-order valence-electron chi connectivity index (χ0n) is 13.0. The SMILES string of the molecule is NC(=O)Oc1ccc(C[CH]C(=O)N2CCC(CCCl)CC2)cc1. The van der Waals surface area contributed by atoms with E-state index >= 15 is 0 Å². The minimum atomic E-state index is -0.836. The second kappa shape index (κ2) is 8.77. The van der Waals surface area contributed by atoms with Crippen molar-refractivity contribution in [3.05, 3.63) is 36.2 Å². The lowest BCUT2D eigenvalue weighted by Crippen LogP contribution is -2.38. The number of hydrogen-bond acceptors (Lipinski definition) is 3. The molecule has 2 rings (SSSR count). The molecule has 1 aromatic carbocycles. The fraction of sp³-hybridized carbons (Fsp3) is 0.471. The van der Waals surface area contributed by atoms with Gasteiger partial charge in [0, 0.05) is 19.0 Å². The van der Waals surface area contributed by atoms with E-state index in [0.717, 1.165) is 37.9 Å². The lowest BCUT2D eigenvalue weighted by molar-refractivity contribution is -0.129. The molecule has 23 heavy (non-hydrogen) atoms.